The van der Waals surface area contributed by atoms with Gasteiger partial charge in [-0.25, -0.2) is 0 Å². The molecule has 1 atom stereocenters. The molecule has 3 heteroatoms. The maximum Gasteiger partial charge on any atom is 0.221 e. The summed E-state index contributed by atoms with van der Waals surface area (Å²) in [5.74, 6) is 0.864. The number of carbonyl (C=O) groups excluding carboxylic acids is 1. The van der Waals surface area contributed by atoms with Gasteiger partial charge in [0.05, 0.1) is 0 Å². The molecule has 0 aromatic rings. The molecule has 1 unspecified atom stereocenters. The van der Waals surface area contributed by atoms with E-state index >= 15 is 0 Å². The summed E-state index contributed by atoms with van der Waals surface area (Å²) in [7, 11) is 0. The van der Waals surface area contributed by atoms with Crippen molar-refractivity contribution in [2.45, 2.75) is 38.6 Å². The van der Waals surface area contributed by atoms with Crippen LogP contribution in [0, 0.1) is 5.92 Å². The zero-order chi connectivity index (χ0) is 8.97. The first kappa shape index (κ1) is 9.52. The average Bonchev–Trinajstić information content (AvgIpc) is 2.83. The van der Waals surface area contributed by atoms with Crippen molar-refractivity contribution in [1.29, 1.82) is 0 Å². The molecular formula is C9H18N2O. The molecule has 3 N–H and O–H groups in total. The van der Waals surface area contributed by atoms with Crippen LogP contribution in [-0.4, -0.2) is 18.5 Å². The third-order valence-corrected chi connectivity index (χ3v) is 2.26. The molecule has 1 aliphatic carbocycles. The molecular weight excluding hydrogens is 152 g/mol. The van der Waals surface area contributed by atoms with Crippen molar-refractivity contribution in [3.63, 3.8) is 0 Å². The van der Waals surface area contributed by atoms with Gasteiger partial charge in [-0.3, -0.25) is 4.79 Å². The lowest BCUT2D eigenvalue weighted by molar-refractivity contribution is -0.121. The number of rotatable bonds is 5. The van der Waals surface area contributed by atoms with Crippen molar-refractivity contribution in [2.75, 3.05) is 6.54 Å². The van der Waals surface area contributed by atoms with Crippen molar-refractivity contribution in [3.05, 3.63) is 0 Å². The Kier molecular flexibility index (Phi) is 3.53. The molecule has 0 saturated heterocycles. The Hall–Kier alpha value is -0.570. The Morgan fingerprint density at radius 2 is 2.33 bits per heavy atom. The Balaban J connectivity index is 2.01. The summed E-state index contributed by atoms with van der Waals surface area (Å²) in [6.07, 6.45) is 3.90. The van der Waals surface area contributed by atoms with Crippen LogP contribution in [0.2, 0.25) is 0 Å². The first-order valence-electron chi connectivity index (χ1n) is 4.74. The lowest BCUT2D eigenvalue weighted by atomic mass is 10.1. The van der Waals surface area contributed by atoms with Gasteiger partial charge in [0.15, 0.2) is 0 Å². The van der Waals surface area contributed by atoms with Crippen molar-refractivity contribution in [2.24, 2.45) is 11.7 Å². The van der Waals surface area contributed by atoms with E-state index in [1.165, 1.54) is 12.8 Å². The highest BCUT2D eigenvalue weighted by atomic mass is 16.1. The molecule has 1 saturated carbocycles. The van der Waals surface area contributed by atoms with Crippen molar-refractivity contribution >= 4 is 5.91 Å². The molecule has 1 amide bonds. The monoisotopic (exact) mass is 170 g/mol. The molecule has 1 aliphatic rings. The third kappa shape index (κ3) is 3.72. The number of hydrogen-bond acceptors (Lipinski definition) is 2. The topological polar surface area (TPSA) is 55.1 Å². The smallest absolute Gasteiger partial charge is 0.221 e. The minimum Gasteiger partial charge on any atom is -0.356 e. The Bertz CT molecular complexity index is 155. The fraction of sp³-hybridized carbons (Fsp3) is 0.889. The van der Waals surface area contributed by atoms with E-state index in [2.05, 4.69) is 5.32 Å². The van der Waals surface area contributed by atoms with Crippen LogP contribution in [0.1, 0.15) is 32.6 Å². The average molecular weight is 170 g/mol. The molecule has 3 nitrogen and oxygen atoms in total. The summed E-state index contributed by atoms with van der Waals surface area (Å²) in [6, 6.07) is 0.0317. The highest BCUT2D eigenvalue weighted by Gasteiger charge is 2.21. The van der Waals surface area contributed by atoms with Crippen LogP contribution in [0.25, 0.3) is 0 Å². The molecule has 0 aliphatic heterocycles. The summed E-state index contributed by atoms with van der Waals surface area (Å²) in [5.41, 5.74) is 5.64. The van der Waals surface area contributed by atoms with E-state index < -0.39 is 0 Å². The van der Waals surface area contributed by atoms with E-state index in [9.17, 15) is 4.79 Å². The van der Waals surface area contributed by atoms with Crippen LogP contribution in [-0.2, 0) is 4.79 Å². The molecule has 12 heavy (non-hydrogen) atoms. The largest absolute Gasteiger partial charge is 0.356 e. The van der Waals surface area contributed by atoms with E-state index in [0.29, 0.717) is 6.42 Å². The van der Waals surface area contributed by atoms with Gasteiger partial charge in [0.2, 0.25) is 5.91 Å². The summed E-state index contributed by atoms with van der Waals surface area (Å²) in [5, 5.41) is 2.89. The predicted molar refractivity (Wildman–Crippen MR) is 48.6 cm³/mol. The van der Waals surface area contributed by atoms with Gasteiger partial charge in [-0.15, -0.1) is 0 Å². The highest BCUT2D eigenvalue weighted by molar-refractivity contribution is 5.76. The fourth-order valence-corrected chi connectivity index (χ4v) is 1.03. The van der Waals surface area contributed by atoms with Crippen LogP contribution < -0.4 is 11.1 Å². The van der Waals surface area contributed by atoms with Crippen molar-refractivity contribution in [1.82, 2.24) is 5.32 Å². The first-order chi connectivity index (χ1) is 5.72. The number of carbonyl (C=O) groups is 1. The molecule has 1 rings (SSSR count). The van der Waals surface area contributed by atoms with Gasteiger partial charge >= 0.3 is 0 Å². The van der Waals surface area contributed by atoms with Crippen molar-refractivity contribution in [3.8, 4) is 0 Å². The lowest BCUT2D eigenvalue weighted by Gasteiger charge is -2.08. The van der Waals surface area contributed by atoms with Crippen molar-refractivity contribution < 1.29 is 4.79 Å². The van der Waals surface area contributed by atoms with Gasteiger partial charge in [0.1, 0.15) is 0 Å². The third-order valence-electron chi connectivity index (χ3n) is 2.26. The Morgan fingerprint density at radius 1 is 1.67 bits per heavy atom. The van der Waals surface area contributed by atoms with Crippen LogP contribution >= 0.6 is 0 Å². The van der Waals surface area contributed by atoms with Crippen LogP contribution in [0.5, 0.6) is 0 Å². The quantitative estimate of drug-likeness (QED) is 0.636. The molecule has 0 radical (unpaired) electrons. The second-order valence-electron chi connectivity index (χ2n) is 3.62. The summed E-state index contributed by atoms with van der Waals surface area (Å²) in [4.78, 5) is 11.2. The van der Waals surface area contributed by atoms with Gasteiger partial charge in [-0.1, -0.05) is 6.92 Å². The Morgan fingerprint density at radius 3 is 2.83 bits per heavy atom. The molecule has 70 valence electrons. The normalized spacial score (nSPS) is 18.8. The number of nitrogens with one attached hydrogen (secondary N) is 1. The molecule has 0 aromatic carbocycles. The van der Waals surface area contributed by atoms with Gasteiger partial charge in [-0.2, -0.15) is 0 Å². The van der Waals surface area contributed by atoms with Gasteiger partial charge in [-0.05, 0) is 25.2 Å². The first-order valence-corrected chi connectivity index (χ1v) is 4.74. The van der Waals surface area contributed by atoms with E-state index in [1.807, 2.05) is 6.92 Å². The molecule has 1 fully saturated rings. The van der Waals surface area contributed by atoms with Gasteiger partial charge < -0.3 is 11.1 Å². The number of nitrogens with two attached hydrogens (primary N) is 1. The lowest BCUT2D eigenvalue weighted by Crippen LogP contribution is -2.32. The highest BCUT2D eigenvalue weighted by Crippen LogP contribution is 2.27. The van der Waals surface area contributed by atoms with Gasteiger partial charge in [0, 0.05) is 19.0 Å². The second-order valence-corrected chi connectivity index (χ2v) is 3.62. The van der Waals surface area contributed by atoms with E-state index in [4.69, 9.17) is 5.73 Å². The zero-order valence-electron chi connectivity index (χ0n) is 7.68. The minimum atomic E-state index is 0.0317. The zero-order valence-corrected chi connectivity index (χ0v) is 7.68. The maximum atomic E-state index is 11.2. The molecule has 0 aromatic heterocycles. The molecule has 0 heterocycles. The van der Waals surface area contributed by atoms with Crippen LogP contribution in [0.3, 0.4) is 0 Å². The summed E-state index contributed by atoms with van der Waals surface area (Å²) in [6.45, 7) is 2.86. The Labute approximate surface area is 73.7 Å². The molecule has 0 bridgehead atoms. The number of hydrogen-bond donors (Lipinski definition) is 2. The van der Waals surface area contributed by atoms with Crippen LogP contribution in [0.15, 0.2) is 0 Å². The minimum absolute atomic E-state index is 0.0317. The maximum absolute atomic E-state index is 11.2. The summed E-state index contributed by atoms with van der Waals surface area (Å²) >= 11 is 0. The standard InChI is InChI=1S/C9H18N2O/c1-2-8(10)5-9(12)11-6-7-3-4-7/h7-8H,2-6,10H2,1H3,(H,11,12). The van der Waals surface area contributed by atoms with E-state index in [0.717, 1.165) is 18.9 Å². The molecule has 0 spiro atoms. The van der Waals surface area contributed by atoms with E-state index in [1.54, 1.807) is 0 Å². The SMILES string of the molecule is CCC(N)CC(=O)NCC1CC1. The second kappa shape index (κ2) is 4.45. The number of amides is 1. The predicted octanol–water partition coefficient (Wildman–Crippen LogP) is 0.640. The summed E-state index contributed by atoms with van der Waals surface area (Å²) < 4.78 is 0. The van der Waals surface area contributed by atoms with E-state index in [-0.39, 0.29) is 11.9 Å². The van der Waals surface area contributed by atoms with Crippen LogP contribution in [0.4, 0.5) is 0 Å². The fourth-order valence-electron chi connectivity index (χ4n) is 1.03. The van der Waals surface area contributed by atoms with Gasteiger partial charge in [0.25, 0.3) is 0 Å².